The number of rotatable bonds is 3. The quantitative estimate of drug-likeness (QED) is 0.833. The van der Waals surface area contributed by atoms with Gasteiger partial charge in [-0.1, -0.05) is 11.6 Å². The van der Waals surface area contributed by atoms with E-state index in [0.717, 1.165) is 0 Å². The number of nitrogens with zero attached hydrogens (tertiary/aromatic N) is 3. The number of fused-ring (bicyclic) bond motifs is 1. The summed E-state index contributed by atoms with van der Waals surface area (Å²) in [5, 5.41) is 17.3. The second-order valence-electron chi connectivity index (χ2n) is 3.06. The topological polar surface area (TPSA) is 68.0 Å². The Kier molecular flexibility index (Phi) is 2.66. The lowest BCUT2D eigenvalue weighted by molar-refractivity contribution is -0.122. The Morgan fingerprint density at radius 2 is 2.13 bits per heavy atom. The van der Waals surface area contributed by atoms with E-state index in [1.54, 1.807) is 18.2 Å². The van der Waals surface area contributed by atoms with Crippen molar-refractivity contribution in [2.24, 2.45) is 0 Å². The number of hydrogen-bond acceptors (Lipinski definition) is 4. The molecule has 0 radical (unpaired) electrons. The molecule has 0 saturated heterocycles. The van der Waals surface area contributed by atoms with Crippen molar-refractivity contribution < 1.29 is 9.90 Å². The molecule has 0 unspecified atom stereocenters. The van der Waals surface area contributed by atoms with Crippen LogP contribution in [0.3, 0.4) is 0 Å². The van der Waals surface area contributed by atoms with Gasteiger partial charge in [0.15, 0.2) is 5.78 Å². The molecular formula is C9H8ClN3O2. The largest absolute Gasteiger partial charge is 0.389 e. The van der Waals surface area contributed by atoms with Crippen LogP contribution in [-0.2, 0) is 11.3 Å². The van der Waals surface area contributed by atoms with Gasteiger partial charge in [-0.3, -0.25) is 4.79 Å². The number of carbonyl (C=O) groups excluding carboxylic acids is 1. The van der Waals surface area contributed by atoms with Gasteiger partial charge in [-0.25, -0.2) is 0 Å². The van der Waals surface area contributed by atoms with Crippen LogP contribution < -0.4 is 0 Å². The van der Waals surface area contributed by atoms with Gasteiger partial charge in [-0.15, -0.1) is 0 Å². The third-order valence-corrected chi connectivity index (χ3v) is 2.11. The molecule has 0 bridgehead atoms. The number of aromatic nitrogens is 3. The summed E-state index contributed by atoms with van der Waals surface area (Å²) in [6.07, 6.45) is 0. The minimum atomic E-state index is -0.501. The van der Waals surface area contributed by atoms with Gasteiger partial charge < -0.3 is 5.11 Å². The predicted molar refractivity (Wildman–Crippen MR) is 54.6 cm³/mol. The molecule has 2 aromatic rings. The lowest BCUT2D eigenvalue weighted by Gasteiger charge is -1.93. The number of carbonyl (C=O) groups is 1. The second-order valence-corrected chi connectivity index (χ2v) is 3.50. The summed E-state index contributed by atoms with van der Waals surface area (Å²) < 4.78 is 0. The molecule has 0 spiro atoms. The lowest BCUT2D eigenvalue weighted by Crippen LogP contribution is -2.15. The van der Waals surface area contributed by atoms with Crippen LogP contribution in [0.25, 0.3) is 11.0 Å². The van der Waals surface area contributed by atoms with E-state index in [4.69, 9.17) is 16.7 Å². The Balaban J connectivity index is 2.34. The van der Waals surface area contributed by atoms with Crippen molar-refractivity contribution in [3.05, 3.63) is 23.2 Å². The third-order valence-electron chi connectivity index (χ3n) is 1.88. The molecule has 2 rings (SSSR count). The van der Waals surface area contributed by atoms with Crippen molar-refractivity contribution in [3.63, 3.8) is 0 Å². The molecule has 1 aromatic carbocycles. The van der Waals surface area contributed by atoms with Crippen molar-refractivity contribution in [2.45, 2.75) is 6.54 Å². The first-order valence-corrected chi connectivity index (χ1v) is 4.70. The number of ketones is 1. The lowest BCUT2D eigenvalue weighted by atomic mass is 10.3. The predicted octanol–water partition coefficient (Wildman–Crippen LogP) is 0.646. The van der Waals surface area contributed by atoms with E-state index in [2.05, 4.69) is 10.2 Å². The summed E-state index contributed by atoms with van der Waals surface area (Å²) in [7, 11) is 0. The van der Waals surface area contributed by atoms with Gasteiger partial charge in [0.25, 0.3) is 0 Å². The molecule has 0 aliphatic rings. The van der Waals surface area contributed by atoms with Gasteiger partial charge in [0.2, 0.25) is 0 Å². The van der Waals surface area contributed by atoms with Crippen molar-refractivity contribution in [2.75, 3.05) is 6.61 Å². The highest BCUT2D eigenvalue weighted by molar-refractivity contribution is 6.31. The van der Waals surface area contributed by atoms with E-state index in [-0.39, 0.29) is 12.3 Å². The molecule has 1 N–H and O–H groups in total. The summed E-state index contributed by atoms with van der Waals surface area (Å²) in [4.78, 5) is 12.2. The van der Waals surface area contributed by atoms with Gasteiger partial charge in [-0.05, 0) is 18.2 Å². The third kappa shape index (κ3) is 2.14. The van der Waals surface area contributed by atoms with Crippen LogP contribution in [0.15, 0.2) is 18.2 Å². The fraction of sp³-hybridized carbons (Fsp3) is 0.222. The van der Waals surface area contributed by atoms with Gasteiger partial charge in [0.05, 0.1) is 0 Å². The van der Waals surface area contributed by atoms with Crippen LogP contribution in [0, 0.1) is 0 Å². The average Bonchev–Trinajstić information content (AvgIpc) is 2.59. The van der Waals surface area contributed by atoms with Gasteiger partial charge in [0, 0.05) is 5.02 Å². The molecule has 0 aliphatic heterocycles. The molecule has 78 valence electrons. The summed E-state index contributed by atoms with van der Waals surface area (Å²) in [6, 6.07) is 5.10. The van der Waals surface area contributed by atoms with E-state index in [1.165, 1.54) is 4.80 Å². The molecule has 1 aromatic heterocycles. The highest BCUT2D eigenvalue weighted by atomic mass is 35.5. The maximum atomic E-state index is 10.9. The normalized spacial score (nSPS) is 10.8. The van der Waals surface area contributed by atoms with Crippen LogP contribution in [0.5, 0.6) is 0 Å². The highest BCUT2D eigenvalue weighted by Crippen LogP contribution is 2.15. The molecule has 6 heteroatoms. The number of halogens is 1. The molecule has 1 heterocycles. The standard InChI is InChI=1S/C9H8ClN3O2/c10-6-1-2-8-9(3-6)12-13(11-8)4-7(15)5-14/h1-3,14H,4-5H2. The SMILES string of the molecule is O=C(CO)Cn1nc2ccc(Cl)cc2n1. The van der Waals surface area contributed by atoms with Crippen molar-refractivity contribution in [3.8, 4) is 0 Å². The van der Waals surface area contributed by atoms with Crippen LogP contribution >= 0.6 is 11.6 Å². The number of aliphatic hydroxyl groups is 1. The van der Waals surface area contributed by atoms with Crippen molar-refractivity contribution >= 4 is 28.4 Å². The molecule has 5 nitrogen and oxygen atoms in total. The van der Waals surface area contributed by atoms with Gasteiger partial charge in [0.1, 0.15) is 24.2 Å². The number of benzene rings is 1. The highest BCUT2D eigenvalue weighted by Gasteiger charge is 2.06. The van der Waals surface area contributed by atoms with Crippen LogP contribution in [0.4, 0.5) is 0 Å². The number of hydrogen-bond donors (Lipinski definition) is 1. The van der Waals surface area contributed by atoms with Crippen LogP contribution in [0.2, 0.25) is 5.02 Å². The maximum absolute atomic E-state index is 10.9. The minimum Gasteiger partial charge on any atom is -0.389 e. The first kappa shape index (κ1) is 10.1. The molecule has 0 saturated carbocycles. The summed E-state index contributed by atoms with van der Waals surface area (Å²) in [6.45, 7) is -0.526. The Morgan fingerprint density at radius 3 is 2.87 bits per heavy atom. The van der Waals surface area contributed by atoms with Gasteiger partial charge >= 0.3 is 0 Å². The van der Waals surface area contributed by atoms with Crippen LogP contribution in [-0.4, -0.2) is 32.5 Å². The Labute approximate surface area is 90.3 Å². The first-order valence-electron chi connectivity index (χ1n) is 4.32. The van der Waals surface area contributed by atoms with E-state index in [1.807, 2.05) is 0 Å². The Morgan fingerprint density at radius 1 is 1.40 bits per heavy atom. The van der Waals surface area contributed by atoms with Crippen molar-refractivity contribution in [1.29, 1.82) is 0 Å². The first-order chi connectivity index (χ1) is 7.19. The second kappa shape index (κ2) is 3.96. The van der Waals surface area contributed by atoms with Crippen molar-refractivity contribution in [1.82, 2.24) is 15.0 Å². The number of aliphatic hydroxyl groups excluding tert-OH is 1. The van der Waals surface area contributed by atoms with Crippen LogP contribution in [0.1, 0.15) is 0 Å². The molecule has 0 amide bonds. The average molecular weight is 226 g/mol. The molecule has 15 heavy (non-hydrogen) atoms. The zero-order valence-corrected chi connectivity index (χ0v) is 8.48. The van der Waals surface area contributed by atoms with E-state index >= 15 is 0 Å². The number of Topliss-reactive ketones (excluding diaryl/α,β-unsaturated/α-hetero) is 1. The maximum Gasteiger partial charge on any atom is 0.181 e. The van der Waals surface area contributed by atoms with E-state index < -0.39 is 6.61 Å². The van der Waals surface area contributed by atoms with E-state index in [0.29, 0.717) is 16.1 Å². The summed E-state index contributed by atoms with van der Waals surface area (Å²) in [5.74, 6) is -0.332. The van der Waals surface area contributed by atoms with Gasteiger partial charge in [-0.2, -0.15) is 15.0 Å². The zero-order chi connectivity index (χ0) is 10.8. The monoisotopic (exact) mass is 225 g/mol. The molecule has 0 fully saturated rings. The molecule has 0 atom stereocenters. The minimum absolute atomic E-state index is 0.0250. The summed E-state index contributed by atoms with van der Waals surface area (Å²) >= 11 is 5.78. The Bertz CT molecular complexity index is 509. The zero-order valence-electron chi connectivity index (χ0n) is 7.72. The van der Waals surface area contributed by atoms with E-state index in [9.17, 15) is 4.79 Å². The molecule has 0 aliphatic carbocycles. The molecular weight excluding hydrogens is 218 g/mol. The smallest absolute Gasteiger partial charge is 0.181 e. The Hall–Kier alpha value is -1.46. The fourth-order valence-electron chi connectivity index (χ4n) is 1.21. The fourth-order valence-corrected chi connectivity index (χ4v) is 1.38. The summed E-state index contributed by atoms with van der Waals surface area (Å²) in [5.41, 5.74) is 1.30.